The van der Waals surface area contributed by atoms with Gasteiger partial charge in [0.25, 0.3) is 0 Å². The molecular weight excluding hydrogens is 343 g/mol. The van der Waals surface area contributed by atoms with Gasteiger partial charge in [-0.2, -0.15) is 13.2 Å². The van der Waals surface area contributed by atoms with Crippen LogP contribution in [0.15, 0.2) is 12.3 Å². The second-order valence-corrected chi connectivity index (χ2v) is 7.07. The number of likely N-dealkylation sites (tertiary alicyclic amines) is 1. The first kappa shape index (κ1) is 17.8. The second kappa shape index (κ2) is 7.06. The molecule has 2 saturated heterocycles. The van der Waals surface area contributed by atoms with Gasteiger partial charge in [-0.25, -0.2) is 4.98 Å². The van der Waals surface area contributed by atoms with Crippen LogP contribution in [0.1, 0.15) is 18.4 Å². The Hall–Kier alpha value is -1.05. The van der Waals surface area contributed by atoms with Crippen molar-refractivity contribution in [1.82, 2.24) is 9.88 Å². The van der Waals surface area contributed by atoms with Gasteiger partial charge in [-0.1, -0.05) is 11.6 Å². The molecule has 0 bridgehead atoms. The number of hydrogen-bond donors (Lipinski definition) is 1. The summed E-state index contributed by atoms with van der Waals surface area (Å²) in [6.07, 6.45) is -0.933. The molecule has 3 heterocycles. The van der Waals surface area contributed by atoms with E-state index in [1.165, 1.54) is 6.20 Å². The molecular formula is C16H21ClF3N3O. The number of alkyl halides is 3. The first-order chi connectivity index (χ1) is 11.4. The third-order valence-electron chi connectivity index (χ3n) is 4.94. The van der Waals surface area contributed by atoms with Crippen LogP contribution in [0.25, 0.3) is 0 Å². The molecule has 0 amide bonds. The van der Waals surface area contributed by atoms with Crippen LogP contribution in [0.5, 0.6) is 0 Å². The summed E-state index contributed by atoms with van der Waals surface area (Å²) in [5, 5.41) is 9.61. The van der Waals surface area contributed by atoms with Gasteiger partial charge in [-0.05, 0) is 37.9 Å². The van der Waals surface area contributed by atoms with Gasteiger partial charge in [0.15, 0.2) is 0 Å². The predicted molar refractivity (Wildman–Crippen MR) is 86.2 cm³/mol. The molecule has 0 aliphatic carbocycles. The summed E-state index contributed by atoms with van der Waals surface area (Å²) in [4.78, 5) is 7.91. The normalized spacial score (nSPS) is 25.6. The smallest absolute Gasteiger partial charge is 0.396 e. The lowest BCUT2D eigenvalue weighted by molar-refractivity contribution is -0.137. The first-order valence-electron chi connectivity index (χ1n) is 8.19. The highest BCUT2D eigenvalue weighted by Gasteiger charge is 2.40. The fourth-order valence-electron chi connectivity index (χ4n) is 3.71. The third-order valence-corrected chi connectivity index (χ3v) is 5.15. The van der Waals surface area contributed by atoms with Crippen molar-refractivity contribution >= 4 is 17.4 Å². The van der Waals surface area contributed by atoms with Gasteiger partial charge >= 0.3 is 6.18 Å². The number of nitrogens with zero attached hydrogens (tertiary/aromatic N) is 3. The fourth-order valence-corrected chi connectivity index (χ4v) is 3.87. The maximum absolute atomic E-state index is 13.3. The van der Waals surface area contributed by atoms with Gasteiger partial charge in [0.05, 0.1) is 10.6 Å². The van der Waals surface area contributed by atoms with E-state index in [1.807, 2.05) is 0 Å². The van der Waals surface area contributed by atoms with Crippen molar-refractivity contribution in [3.63, 3.8) is 0 Å². The monoisotopic (exact) mass is 363 g/mol. The molecule has 1 aromatic heterocycles. The minimum Gasteiger partial charge on any atom is -0.396 e. The summed E-state index contributed by atoms with van der Waals surface area (Å²) in [6.45, 7) is 3.70. The lowest BCUT2D eigenvalue weighted by Gasteiger charge is -2.24. The summed E-state index contributed by atoms with van der Waals surface area (Å²) in [5.41, 5.74) is -0.812. The third kappa shape index (κ3) is 3.78. The first-order valence-corrected chi connectivity index (χ1v) is 8.57. The standard InChI is InChI=1S/C16H21ClF3N3O/c17-13-5-14(16(18,19)20)15(21-6-13)23-8-11(12(9-23)10-24)7-22-3-1-2-4-22/h5-6,11-12,24H,1-4,7-10H2/t11-,12-/m1/s1. The molecule has 2 aliphatic heterocycles. The maximum atomic E-state index is 13.3. The Morgan fingerprint density at radius 2 is 1.88 bits per heavy atom. The summed E-state index contributed by atoms with van der Waals surface area (Å²) in [5.74, 6) is 0.0186. The molecule has 2 atom stereocenters. The number of halogens is 4. The second-order valence-electron chi connectivity index (χ2n) is 6.64. The van der Waals surface area contributed by atoms with E-state index < -0.39 is 11.7 Å². The van der Waals surface area contributed by atoms with Gasteiger partial charge in [0, 0.05) is 38.4 Å². The molecule has 3 rings (SSSR count). The van der Waals surface area contributed by atoms with Crippen molar-refractivity contribution in [2.24, 2.45) is 11.8 Å². The van der Waals surface area contributed by atoms with Crippen LogP contribution in [-0.4, -0.2) is 54.3 Å². The van der Waals surface area contributed by atoms with Crippen molar-refractivity contribution in [3.05, 3.63) is 22.8 Å². The number of pyridine rings is 1. The highest BCUT2D eigenvalue weighted by molar-refractivity contribution is 6.30. The molecule has 0 aromatic carbocycles. The molecule has 4 nitrogen and oxygen atoms in total. The molecule has 0 saturated carbocycles. The van der Waals surface area contributed by atoms with Crippen molar-refractivity contribution in [3.8, 4) is 0 Å². The van der Waals surface area contributed by atoms with Gasteiger partial charge in [-0.15, -0.1) is 0 Å². The summed E-state index contributed by atoms with van der Waals surface area (Å²) in [6, 6.07) is 0.922. The Balaban J connectivity index is 1.80. The van der Waals surface area contributed by atoms with Crippen LogP contribution < -0.4 is 4.90 Å². The molecule has 24 heavy (non-hydrogen) atoms. The lowest BCUT2D eigenvalue weighted by atomic mass is 9.96. The van der Waals surface area contributed by atoms with Crippen LogP contribution in [0.2, 0.25) is 5.02 Å². The molecule has 2 aliphatic rings. The summed E-state index contributed by atoms with van der Waals surface area (Å²) in [7, 11) is 0. The Labute approximate surface area is 144 Å². The van der Waals surface area contributed by atoms with Crippen molar-refractivity contribution < 1.29 is 18.3 Å². The van der Waals surface area contributed by atoms with E-state index >= 15 is 0 Å². The molecule has 8 heteroatoms. The average molecular weight is 364 g/mol. The van der Waals surface area contributed by atoms with Crippen molar-refractivity contribution in [2.45, 2.75) is 19.0 Å². The Kier molecular flexibility index (Phi) is 5.22. The van der Waals surface area contributed by atoms with Crippen LogP contribution in [-0.2, 0) is 6.18 Å². The van der Waals surface area contributed by atoms with Crippen LogP contribution in [0, 0.1) is 11.8 Å². The lowest BCUT2D eigenvalue weighted by Crippen LogP contribution is -2.32. The highest BCUT2D eigenvalue weighted by Crippen LogP contribution is 2.39. The minimum atomic E-state index is -4.50. The van der Waals surface area contributed by atoms with Crippen molar-refractivity contribution in [1.29, 1.82) is 0 Å². The van der Waals surface area contributed by atoms with E-state index in [0.717, 1.165) is 38.5 Å². The zero-order chi connectivity index (χ0) is 17.3. The fraction of sp³-hybridized carbons (Fsp3) is 0.688. The Morgan fingerprint density at radius 3 is 2.50 bits per heavy atom. The number of aliphatic hydroxyl groups is 1. The molecule has 1 aromatic rings. The Morgan fingerprint density at radius 1 is 1.21 bits per heavy atom. The Bertz CT molecular complexity index is 578. The quantitative estimate of drug-likeness (QED) is 0.893. The van der Waals surface area contributed by atoms with E-state index in [2.05, 4.69) is 9.88 Å². The van der Waals surface area contributed by atoms with E-state index in [0.29, 0.717) is 13.1 Å². The molecule has 2 fully saturated rings. The molecule has 1 N–H and O–H groups in total. The molecule has 134 valence electrons. The minimum absolute atomic E-state index is 0.0239. The van der Waals surface area contributed by atoms with Crippen molar-refractivity contribution in [2.75, 3.05) is 44.2 Å². The largest absolute Gasteiger partial charge is 0.420 e. The summed E-state index contributed by atoms with van der Waals surface area (Å²) < 4.78 is 39.9. The van der Waals surface area contributed by atoms with E-state index in [9.17, 15) is 18.3 Å². The molecule has 0 unspecified atom stereocenters. The van der Waals surface area contributed by atoms with Crippen LogP contribution in [0.3, 0.4) is 0 Å². The SMILES string of the molecule is OC[C@H]1CN(c2ncc(Cl)cc2C(F)(F)F)C[C@H]1CN1CCCC1. The number of anilines is 1. The van der Waals surface area contributed by atoms with Gasteiger partial charge in [0.1, 0.15) is 5.82 Å². The average Bonchev–Trinajstić information content (AvgIpc) is 3.16. The topological polar surface area (TPSA) is 39.6 Å². The number of aliphatic hydroxyl groups excluding tert-OH is 1. The van der Waals surface area contributed by atoms with E-state index in [-0.39, 0.29) is 29.3 Å². The van der Waals surface area contributed by atoms with Crippen LogP contribution >= 0.6 is 11.6 Å². The van der Waals surface area contributed by atoms with E-state index in [1.54, 1.807) is 4.90 Å². The number of hydrogen-bond acceptors (Lipinski definition) is 4. The van der Waals surface area contributed by atoms with Gasteiger partial charge in [0.2, 0.25) is 0 Å². The highest BCUT2D eigenvalue weighted by atomic mass is 35.5. The van der Waals surface area contributed by atoms with Gasteiger partial charge < -0.3 is 14.9 Å². The molecule has 0 spiro atoms. The van der Waals surface area contributed by atoms with Crippen LogP contribution in [0.4, 0.5) is 19.0 Å². The zero-order valence-electron chi connectivity index (χ0n) is 13.3. The van der Waals surface area contributed by atoms with E-state index in [4.69, 9.17) is 11.6 Å². The number of rotatable bonds is 4. The summed E-state index contributed by atoms with van der Waals surface area (Å²) >= 11 is 5.70. The zero-order valence-corrected chi connectivity index (χ0v) is 14.0. The number of aromatic nitrogens is 1. The predicted octanol–water partition coefficient (Wildman–Crippen LogP) is 2.89. The molecule has 0 radical (unpaired) electrons. The maximum Gasteiger partial charge on any atom is 0.420 e. The van der Waals surface area contributed by atoms with Gasteiger partial charge in [-0.3, -0.25) is 0 Å².